The van der Waals surface area contributed by atoms with Gasteiger partial charge >= 0.3 is 0 Å². The van der Waals surface area contributed by atoms with Crippen LogP contribution in [0.1, 0.15) is 34.1 Å². The predicted molar refractivity (Wildman–Crippen MR) is 75.4 cm³/mol. The molecule has 4 nitrogen and oxygen atoms in total. The van der Waals surface area contributed by atoms with Crippen LogP contribution in [-0.4, -0.2) is 30.4 Å². The number of amides is 1. The first-order valence-corrected chi connectivity index (χ1v) is 6.28. The second-order valence-electron chi connectivity index (χ2n) is 5.22. The molecule has 0 rings (SSSR count). The number of nitrogens with two attached hydrogens (primary N) is 1. The monoisotopic (exact) mass is 251 g/mol. The van der Waals surface area contributed by atoms with Crippen LogP contribution >= 0.6 is 0 Å². The predicted octanol–water partition coefficient (Wildman–Crippen LogP) is 1.29. The lowest BCUT2D eigenvalue weighted by atomic mass is 9.98. The number of rotatable bonds is 6. The number of carbonyl (C=O) groups excluding carboxylic acids is 1. The standard InChI is InChI=1S/C14H25N3O/c1-5-10-17(12-13(18)16-15)11-8-6-7-9-14(2,3)4/h6,8H,5,10-12,15H2,1-4H3,(H,16,18)/b8-6+. The zero-order valence-electron chi connectivity index (χ0n) is 11.9. The molecule has 0 aliphatic carbocycles. The van der Waals surface area contributed by atoms with Crippen LogP contribution in [0.5, 0.6) is 0 Å². The summed E-state index contributed by atoms with van der Waals surface area (Å²) in [6.45, 7) is 10.2. The van der Waals surface area contributed by atoms with E-state index in [1.807, 2.05) is 17.1 Å². The summed E-state index contributed by atoms with van der Waals surface area (Å²) < 4.78 is 0. The highest BCUT2D eigenvalue weighted by Crippen LogP contribution is 2.09. The Morgan fingerprint density at radius 3 is 2.61 bits per heavy atom. The van der Waals surface area contributed by atoms with Gasteiger partial charge in [-0.3, -0.25) is 15.1 Å². The molecule has 0 unspecified atom stereocenters. The largest absolute Gasteiger partial charge is 0.293 e. The van der Waals surface area contributed by atoms with E-state index in [0.29, 0.717) is 13.1 Å². The van der Waals surface area contributed by atoms with Gasteiger partial charge in [0.15, 0.2) is 0 Å². The first-order chi connectivity index (χ1) is 8.39. The molecule has 0 saturated carbocycles. The van der Waals surface area contributed by atoms with Crippen LogP contribution in [0.15, 0.2) is 12.2 Å². The van der Waals surface area contributed by atoms with Gasteiger partial charge in [0.2, 0.25) is 5.91 Å². The normalized spacial score (nSPS) is 11.4. The molecule has 1 amide bonds. The fourth-order valence-corrected chi connectivity index (χ4v) is 1.32. The number of allylic oxidation sites excluding steroid dienone is 1. The van der Waals surface area contributed by atoms with E-state index in [1.54, 1.807) is 0 Å². The zero-order chi connectivity index (χ0) is 14.0. The van der Waals surface area contributed by atoms with Gasteiger partial charge in [-0.1, -0.05) is 24.8 Å². The third kappa shape index (κ3) is 9.88. The van der Waals surface area contributed by atoms with Gasteiger partial charge in [0.05, 0.1) is 6.54 Å². The van der Waals surface area contributed by atoms with Crippen molar-refractivity contribution < 1.29 is 4.79 Å². The van der Waals surface area contributed by atoms with Crippen molar-refractivity contribution in [3.8, 4) is 11.8 Å². The van der Waals surface area contributed by atoms with Gasteiger partial charge in [-0.15, -0.1) is 0 Å². The second kappa shape index (κ2) is 8.73. The molecule has 0 saturated heterocycles. The Morgan fingerprint density at radius 2 is 2.11 bits per heavy atom. The summed E-state index contributed by atoms with van der Waals surface area (Å²) in [5.41, 5.74) is 2.16. The van der Waals surface area contributed by atoms with Crippen molar-refractivity contribution >= 4 is 5.91 Å². The molecular weight excluding hydrogens is 226 g/mol. The van der Waals surface area contributed by atoms with Crippen molar-refractivity contribution in [2.75, 3.05) is 19.6 Å². The summed E-state index contributed by atoms with van der Waals surface area (Å²) >= 11 is 0. The van der Waals surface area contributed by atoms with Crippen LogP contribution in [0.25, 0.3) is 0 Å². The summed E-state index contributed by atoms with van der Waals surface area (Å²) in [6, 6.07) is 0. The molecular formula is C14H25N3O. The maximum Gasteiger partial charge on any atom is 0.248 e. The van der Waals surface area contributed by atoms with E-state index in [0.717, 1.165) is 13.0 Å². The molecule has 0 heterocycles. The molecule has 0 aromatic heterocycles. The van der Waals surface area contributed by atoms with Crippen LogP contribution < -0.4 is 11.3 Å². The average molecular weight is 251 g/mol. The maximum atomic E-state index is 11.2. The number of carbonyl (C=O) groups is 1. The highest BCUT2D eigenvalue weighted by atomic mass is 16.2. The highest BCUT2D eigenvalue weighted by Gasteiger charge is 2.06. The van der Waals surface area contributed by atoms with E-state index in [2.05, 4.69) is 45.0 Å². The Hall–Kier alpha value is -1.31. The van der Waals surface area contributed by atoms with E-state index >= 15 is 0 Å². The van der Waals surface area contributed by atoms with Crippen molar-refractivity contribution in [1.29, 1.82) is 0 Å². The molecule has 0 aromatic rings. The fraction of sp³-hybridized carbons (Fsp3) is 0.643. The van der Waals surface area contributed by atoms with Gasteiger partial charge in [-0.2, -0.15) is 0 Å². The molecule has 0 bridgehead atoms. The number of hydrazine groups is 1. The molecule has 4 heteroatoms. The van der Waals surface area contributed by atoms with E-state index in [-0.39, 0.29) is 11.3 Å². The first-order valence-electron chi connectivity index (χ1n) is 6.28. The van der Waals surface area contributed by atoms with E-state index in [1.165, 1.54) is 0 Å². The number of hydrogen-bond acceptors (Lipinski definition) is 3. The van der Waals surface area contributed by atoms with Gasteiger partial charge in [-0.05, 0) is 39.8 Å². The van der Waals surface area contributed by atoms with E-state index < -0.39 is 0 Å². The molecule has 3 N–H and O–H groups in total. The Kier molecular flexibility index (Phi) is 8.10. The Labute approximate surface area is 111 Å². The van der Waals surface area contributed by atoms with Crippen LogP contribution in [0, 0.1) is 17.3 Å². The minimum absolute atomic E-state index is 0.0207. The van der Waals surface area contributed by atoms with Crippen molar-refractivity contribution in [3.63, 3.8) is 0 Å². The summed E-state index contributed by atoms with van der Waals surface area (Å²) in [6.07, 6.45) is 4.81. The molecule has 0 spiro atoms. The lowest BCUT2D eigenvalue weighted by Gasteiger charge is -2.18. The minimum atomic E-state index is -0.169. The lowest BCUT2D eigenvalue weighted by Crippen LogP contribution is -2.40. The number of nitrogens with zero attached hydrogens (tertiary/aromatic N) is 1. The Morgan fingerprint density at radius 1 is 1.44 bits per heavy atom. The molecule has 0 aromatic carbocycles. The Bertz CT molecular complexity index is 331. The third-order valence-electron chi connectivity index (χ3n) is 2.08. The smallest absolute Gasteiger partial charge is 0.248 e. The van der Waals surface area contributed by atoms with Crippen LogP contribution in [0.4, 0.5) is 0 Å². The molecule has 0 aliphatic rings. The van der Waals surface area contributed by atoms with Gasteiger partial charge in [0, 0.05) is 12.0 Å². The zero-order valence-corrected chi connectivity index (χ0v) is 11.9. The summed E-state index contributed by atoms with van der Waals surface area (Å²) in [7, 11) is 0. The topological polar surface area (TPSA) is 58.4 Å². The van der Waals surface area contributed by atoms with Crippen LogP contribution in [-0.2, 0) is 4.79 Å². The van der Waals surface area contributed by atoms with Crippen LogP contribution in [0.2, 0.25) is 0 Å². The number of hydrogen-bond donors (Lipinski definition) is 2. The molecule has 102 valence electrons. The van der Waals surface area contributed by atoms with Gasteiger partial charge in [0.25, 0.3) is 0 Å². The Balaban J connectivity index is 4.21. The minimum Gasteiger partial charge on any atom is -0.293 e. The van der Waals surface area contributed by atoms with Gasteiger partial charge in [-0.25, -0.2) is 5.84 Å². The SMILES string of the molecule is CCCN(C/C=C/C#CC(C)(C)C)CC(=O)NN. The molecule has 0 atom stereocenters. The molecule has 0 fully saturated rings. The summed E-state index contributed by atoms with van der Waals surface area (Å²) in [5.74, 6) is 11.0. The van der Waals surface area contributed by atoms with Crippen LogP contribution in [0.3, 0.4) is 0 Å². The van der Waals surface area contributed by atoms with Gasteiger partial charge in [0.1, 0.15) is 0 Å². The summed E-state index contributed by atoms with van der Waals surface area (Å²) in [5, 5.41) is 0. The van der Waals surface area contributed by atoms with Crippen molar-refractivity contribution in [2.24, 2.45) is 11.3 Å². The third-order valence-corrected chi connectivity index (χ3v) is 2.08. The number of nitrogens with one attached hydrogen (secondary N) is 1. The highest BCUT2D eigenvalue weighted by molar-refractivity contribution is 5.77. The fourth-order valence-electron chi connectivity index (χ4n) is 1.32. The second-order valence-corrected chi connectivity index (χ2v) is 5.22. The van der Waals surface area contributed by atoms with Crippen molar-refractivity contribution in [2.45, 2.75) is 34.1 Å². The lowest BCUT2D eigenvalue weighted by molar-refractivity contribution is -0.122. The molecule has 18 heavy (non-hydrogen) atoms. The average Bonchev–Trinajstić information content (AvgIpc) is 2.27. The summed E-state index contributed by atoms with van der Waals surface area (Å²) in [4.78, 5) is 13.2. The maximum absolute atomic E-state index is 11.2. The van der Waals surface area contributed by atoms with Crippen molar-refractivity contribution in [1.82, 2.24) is 10.3 Å². The molecule has 0 aliphatic heterocycles. The van der Waals surface area contributed by atoms with Gasteiger partial charge < -0.3 is 0 Å². The van der Waals surface area contributed by atoms with E-state index in [9.17, 15) is 4.79 Å². The van der Waals surface area contributed by atoms with E-state index in [4.69, 9.17) is 5.84 Å². The first kappa shape index (κ1) is 16.7. The van der Waals surface area contributed by atoms with Crippen molar-refractivity contribution in [3.05, 3.63) is 12.2 Å². The quantitative estimate of drug-likeness (QED) is 0.324. The molecule has 0 radical (unpaired) electrons.